The summed E-state index contributed by atoms with van der Waals surface area (Å²) in [6.07, 6.45) is 6.81. The summed E-state index contributed by atoms with van der Waals surface area (Å²) in [5, 5.41) is 0. The van der Waals surface area contributed by atoms with Crippen LogP contribution in [0.15, 0.2) is 22.9 Å². The van der Waals surface area contributed by atoms with Crippen LogP contribution in [0.4, 0.5) is 4.79 Å². The lowest BCUT2D eigenvalue weighted by Crippen LogP contribution is -2.46. The Morgan fingerprint density at radius 1 is 1.36 bits per heavy atom. The van der Waals surface area contributed by atoms with Crippen molar-refractivity contribution in [1.29, 1.82) is 0 Å². The van der Waals surface area contributed by atoms with Gasteiger partial charge in [-0.25, -0.2) is 9.78 Å². The number of piperidine rings is 1. The molecule has 25 heavy (non-hydrogen) atoms. The summed E-state index contributed by atoms with van der Waals surface area (Å²) in [5.74, 6) is 0. The van der Waals surface area contributed by atoms with Crippen LogP contribution in [0, 0.1) is 0 Å². The zero-order chi connectivity index (χ0) is 18.3. The van der Waals surface area contributed by atoms with Gasteiger partial charge in [0.2, 0.25) is 0 Å². The van der Waals surface area contributed by atoms with Crippen LogP contribution < -0.4 is 0 Å². The summed E-state index contributed by atoms with van der Waals surface area (Å²) in [6.45, 7) is 7.79. The minimum absolute atomic E-state index is 0.181. The van der Waals surface area contributed by atoms with Crippen molar-refractivity contribution in [3.8, 4) is 0 Å². The van der Waals surface area contributed by atoms with E-state index in [9.17, 15) is 4.79 Å². The molecule has 0 saturated carbocycles. The Morgan fingerprint density at radius 3 is 2.84 bits per heavy atom. The Morgan fingerprint density at radius 2 is 2.16 bits per heavy atom. The number of carbonyl (C=O) groups excluding carboxylic acids is 1. The molecule has 2 heterocycles. The highest BCUT2D eigenvalue weighted by atomic mass is 79.9. The molecule has 1 amide bonds. The Bertz CT molecular complexity index is 543. The first-order valence-corrected chi connectivity index (χ1v) is 9.82. The topological polar surface area (TPSA) is 51.7 Å². The number of hydrogen-bond donors (Lipinski definition) is 0. The van der Waals surface area contributed by atoms with E-state index < -0.39 is 5.60 Å². The number of likely N-dealkylation sites (tertiary alicyclic amines) is 1. The molecule has 1 aliphatic heterocycles. The highest BCUT2D eigenvalue weighted by molar-refractivity contribution is 9.10. The van der Waals surface area contributed by atoms with Crippen molar-refractivity contribution in [2.75, 3.05) is 13.2 Å². The largest absolute Gasteiger partial charge is 0.444 e. The molecule has 1 aliphatic rings. The predicted octanol–water partition coefficient (Wildman–Crippen LogP) is 4.93. The molecule has 0 N–H and O–H groups in total. The van der Waals surface area contributed by atoms with E-state index in [0.29, 0.717) is 13.2 Å². The maximum absolute atomic E-state index is 12.4. The number of nitrogens with zero attached hydrogens (tertiary/aromatic N) is 2. The molecule has 1 atom stereocenters. The number of ether oxygens (including phenoxy) is 2. The molecule has 6 heteroatoms. The molecule has 1 fully saturated rings. The van der Waals surface area contributed by atoms with Gasteiger partial charge in [0.05, 0.1) is 6.61 Å². The Labute approximate surface area is 159 Å². The average molecular weight is 413 g/mol. The van der Waals surface area contributed by atoms with Crippen LogP contribution in [0.5, 0.6) is 0 Å². The van der Waals surface area contributed by atoms with Crippen molar-refractivity contribution >= 4 is 22.0 Å². The maximum Gasteiger partial charge on any atom is 0.410 e. The molecule has 0 aromatic carbocycles. The smallest absolute Gasteiger partial charge is 0.410 e. The van der Waals surface area contributed by atoms with E-state index in [1.807, 2.05) is 44.0 Å². The number of hydrogen-bond acceptors (Lipinski definition) is 4. The third kappa shape index (κ3) is 7.32. The van der Waals surface area contributed by atoms with Crippen molar-refractivity contribution in [2.24, 2.45) is 0 Å². The van der Waals surface area contributed by atoms with Gasteiger partial charge in [-0.1, -0.05) is 6.07 Å². The van der Waals surface area contributed by atoms with E-state index in [1.165, 1.54) is 6.42 Å². The lowest BCUT2D eigenvalue weighted by Gasteiger charge is -2.36. The zero-order valence-corrected chi connectivity index (χ0v) is 17.0. The molecule has 0 aliphatic carbocycles. The lowest BCUT2D eigenvalue weighted by molar-refractivity contribution is 0.00726. The second kappa shape index (κ2) is 9.53. The van der Waals surface area contributed by atoms with Gasteiger partial charge in [0, 0.05) is 25.4 Å². The Balaban J connectivity index is 1.72. The number of halogens is 1. The van der Waals surface area contributed by atoms with Gasteiger partial charge in [0.15, 0.2) is 0 Å². The molecule has 5 nitrogen and oxygen atoms in total. The van der Waals surface area contributed by atoms with E-state index in [2.05, 4.69) is 20.9 Å². The standard InChI is InChI=1S/C19H29BrN2O3/c1-19(2,3)25-18(23)22-11-5-4-7-16(22)8-6-12-24-14-15-9-10-17(20)21-13-15/h9-10,13,16H,4-8,11-12,14H2,1-3H3. The number of rotatable bonds is 6. The fourth-order valence-corrected chi connectivity index (χ4v) is 3.20. The maximum atomic E-state index is 12.4. The molecule has 0 spiro atoms. The highest BCUT2D eigenvalue weighted by Crippen LogP contribution is 2.23. The van der Waals surface area contributed by atoms with E-state index in [4.69, 9.17) is 9.47 Å². The van der Waals surface area contributed by atoms with Gasteiger partial charge in [-0.3, -0.25) is 0 Å². The minimum atomic E-state index is -0.444. The number of amides is 1. The zero-order valence-electron chi connectivity index (χ0n) is 15.5. The fourth-order valence-electron chi connectivity index (χ4n) is 2.96. The van der Waals surface area contributed by atoms with Gasteiger partial charge in [-0.2, -0.15) is 0 Å². The first-order chi connectivity index (χ1) is 11.8. The summed E-state index contributed by atoms with van der Waals surface area (Å²) in [5.41, 5.74) is 0.622. The van der Waals surface area contributed by atoms with Gasteiger partial charge < -0.3 is 14.4 Å². The molecule has 2 rings (SSSR count). The molecular formula is C19H29BrN2O3. The first kappa shape index (κ1) is 20.2. The molecule has 1 unspecified atom stereocenters. The van der Waals surface area contributed by atoms with Crippen LogP contribution >= 0.6 is 15.9 Å². The van der Waals surface area contributed by atoms with Gasteiger partial charge >= 0.3 is 6.09 Å². The quantitative estimate of drug-likeness (QED) is 0.490. The lowest BCUT2D eigenvalue weighted by atomic mass is 9.98. The van der Waals surface area contributed by atoms with Crippen LogP contribution in [-0.2, 0) is 16.1 Å². The summed E-state index contributed by atoms with van der Waals surface area (Å²) in [4.78, 5) is 18.5. The number of carbonyl (C=O) groups is 1. The second-order valence-electron chi connectivity index (χ2n) is 7.51. The van der Waals surface area contributed by atoms with Crippen molar-refractivity contribution in [2.45, 2.75) is 71.1 Å². The number of pyridine rings is 1. The van der Waals surface area contributed by atoms with Crippen molar-refractivity contribution in [3.63, 3.8) is 0 Å². The third-order valence-electron chi connectivity index (χ3n) is 4.14. The summed E-state index contributed by atoms with van der Waals surface area (Å²) in [6, 6.07) is 4.18. The molecule has 0 bridgehead atoms. The van der Waals surface area contributed by atoms with E-state index in [1.54, 1.807) is 0 Å². The molecule has 0 radical (unpaired) electrons. The van der Waals surface area contributed by atoms with Crippen LogP contribution in [0.1, 0.15) is 58.4 Å². The van der Waals surface area contributed by atoms with Gasteiger partial charge in [0.1, 0.15) is 10.2 Å². The Hall–Kier alpha value is -1.14. The van der Waals surface area contributed by atoms with Crippen molar-refractivity contribution in [3.05, 3.63) is 28.5 Å². The molecule has 140 valence electrons. The first-order valence-electron chi connectivity index (χ1n) is 9.03. The summed E-state index contributed by atoms with van der Waals surface area (Å²) >= 11 is 3.32. The van der Waals surface area contributed by atoms with E-state index >= 15 is 0 Å². The molecule has 1 aromatic heterocycles. The van der Waals surface area contributed by atoms with Gasteiger partial charge in [-0.15, -0.1) is 0 Å². The highest BCUT2D eigenvalue weighted by Gasteiger charge is 2.29. The van der Waals surface area contributed by atoms with Crippen LogP contribution in [0.3, 0.4) is 0 Å². The normalized spacial score (nSPS) is 18.2. The van der Waals surface area contributed by atoms with Crippen molar-refractivity contribution in [1.82, 2.24) is 9.88 Å². The fraction of sp³-hybridized carbons (Fsp3) is 0.684. The number of aromatic nitrogens is 1. The molecule has 1 saturated heterocycles. The van der Waals surface area contributed by atoms with Crippen LogP contribution in [0.25, 0.3) is 0 Å². The van der Waals surface area contributed by atoms with Crippen LogP contribution in [-0.4, -0.2) is 40.8 Å². The SMILES string of the molecule is CC(C)(C)OC(=O)N1CCCCC1CCCOCc1ccc(Br)nc1. The average Bonchev–Trinajstić information content (AvgIpc) is 2.55. The second-order valence-corrected chi connectivity index (χ2v) is 8.32. The van der Waals surface area contributed by atoms with E-state index in [-0.39, 0.29) is 12.1 Å². The van der Waals surface area contributed by atoms with Gasteiger partial charge in [-0.05, 0) is 80.4 Å². The predicted molar refractivity (Wildman–Crippen MR) is 101 cm³/mol. The third-order valence-corrected chi connectivity index (χ3v) is 4.61. The van der Waals surface area contributed by atoms with Crippen molar-refractivity contribution < 1.29 is 14.3 Å². The molecule has 1 aromatic rings. The summed E-state index contributed by atoms with van der Waals surface area (Å²) in [7, 11) is 0. The monoisotopic (exact) mass is 412 g/mol. The minimum Gasteiger partial charge on any atom is -0.444 e. The summed E-state index contributed by atoms with van der Waals surface area (Å²) < 4.78 is 12.1. The van der Waals surface area contributed by atoms with Crippen LogP contribution in [0.2, 0.25) is 0 Å². The Kier molecular flexibility index (Phi) is 7.69. The molecular weight excluding hydrogens is 384 g/mol. The van der Waals surface area contributed by atoms with E-state index in [0.717, 1.165) is 42.4 Å². The van der Waals surface area contributed by atoms with Gasteiger partial charge in [0.25, 0.3) is 0 Å².